The minimum atomic E-state index is 0.911. The SMILES string of the molecule is COc1ccc(C=CCCCI)cc1. The predicted octanol–water partition coefficient (Wildman–Crippen LogP) is 3.92. The molecule has 76 valence electrons. The minimum absolute atomic E-state index is 0.911. The second kappa shape index (κ2) is 6.87. The fourth-order valence-corrected chi connectivity index (χ4v) is 1.57. The van der Waals surface area contributed by atoms with E-state index in [1.807, 2.05) is 12.1 Å². The van der Waals surface area contributed by atoms with E-state index in [1.54, 1.807) is 7.11 Å². The quantitative estimate of drug-likeness (QED) is 0.455. The largest absolute Gasteiger partial charge is 0.497 e. The van der Waals surface area contributed by atoms with E-state index >= 15 is 0 Å². The molecule has 0 atom stereocenters. The Labute approximate surface area is 99.3 Å². The highest BCUT2D eigenvalue weighted by Gasteiger charge is 1.89. The van der Waals surface area contributed by atoms with Crippen LogP contribution in [0, 0.1) is 0 Å². The van der Waals surface area contributed by atoms with Crippen molar-refractivity contribution in [2.24, 2.45) is 0 Å². The lowest BCUT2D eigenvalue weighted by molar-refractivity contribution is 0.415. The van der Waals surface area contributed by atoms with Crippen LogP contribution < -0.4 is 4.74 Å². The molecule has 0 aromatic heterocycles. The van der Waals surface area contributed by atoms with E-state index in [4.69, 9.17) is 4.74 Å². The number of ether oxygens (including phenoxy) is 1. The first kappa shape index (κ1) is 11.6. The average molecular weight is 302 g/mol. The number of unbranched alkanes of at least 4 members (excludes halogenated alkanes) is 1. The average Bonchev–Trinajstić information content (AvgIpc) is 2.25. The molecule has 0 amide bonds. The summed E-state index contributed by atoms with van der Waals surface area (Å²) in [6, 6.07) is 8.11. The Bertz CT molecular complexity index is 277. The van der Waals surface area contributed by atoms with Gasteiger partial charge in [-0.15, -0.1) is 0 Å². The topological polar surface area (TPSA) is 9.23 Å². The van der Waals surface area contributed by atoms with Crippen molar-refractivity contribution in [1.82, 2.24) is 0 Å². The lowest BCUT2D eigenvalue weighted by Gasteiger charge is -1.98. The highest BCUT2D eigenvalue weighted by atomic mass is 127. The predicted molar refractivity (Wildman–Crippen MR) is 70.1 cm³/mol. The number of allylic oxidation sites excluding steroid dienone is 1. The maximum Gasteiger partial charge on any atom is 0.118 e. The molecular formula is C12H15IO. The van der Waals surface area contributed by atoms with E-state index in [9.17, 15) is 0 Å². The van der Waals surface area contributed by atoms with Gasteiger partial charge in [-0.2, -0.15) is 0 Å². The van der Waals surface area contributed by atoms with E-state index in [0.29, 0.717) is 0 Å². The summed E-state index contributed by atoms with van der Waals surface area (Å²) in [6.07, 6.45) is 6.80. The van der Waals surface area contributed by atoms with Crippen molar-refractivity contribution < 1.29 is 4.74 Å². The van der Waals surface area contributed by atoms with Gasteiger partial charge in [0, 0.05) is 0 Å². The number of hydrogen-bond donors (Lipinski definition) is 0. The molecule has 0 saturated heterocycles. The first-order valence-corrected chi connectivity index (χ1v) is 6.26. The van der Waals surface area contributed by atoms with E-state index in [0.717, 1.165) is 12.2 Å². The van der Waals surface area contributed by atoms with Gasteiger partial charge in [0.25, 0.3) is 0 Å². The third-order valence-corrected chi connectivity index (χ3v) is 2.69. The van der Waals surface area contributed by atoms with Crippen molar-refractivity contribution in [2.75, 3.05) is 11.5 Å². The summed E-state index contributed by atoms with van der Waals surface area (Å²) in [7, 11) is 1.69. The molecular weight excluding hydrogens is 287 g/mol. The molecule has 0 aliphatic rings. The maximum atomic E-state index is 5.09. The van der Waals surface area contributed by atoms with Crippen LogP contribution in [-0.2, 0) is 0 Å². The van der Waals surface area contributed by atoms with Gasteiger partial charge in [0.05, 0.1) is 7.11 Å². The molecule has 0 aliphatic carbocycles. The van der Waals surface area contributed by atoms with Gasteiger partial charge in [-0.1, -0.05) is 46.9 Å². The summed E-state index contributed by atoms with van der Waals surface area (Å²) in [5.74, 6) is 0.911. The molecule has 0 N–H and O–H groups in total. The molecule has 0 aliphatic heterocycles. The molecule has 0 unspecified atom stereocenters. The van der Waals surface area contributed by atoms with Gasteiger partial charge < -0.3 is 4.74 Å². The van der Waals surface area contributed by atoms with Crippen LogP contribution in [0.15, 0.2) is 30.3 Å². The van der Waals surface area contributed by atoms with Crippen LogP contribution in [0.1, 0.15) is 18.4 Å². The highest BCUT2D eigenvalue weighted by molar-refractivity contribution is 14.1. The van der Waals surface area contributed by atoms with Gasteiger partial charge in [-0.05, 0) is 35.0 Å². The van der Waals surface area contributed by atoms with E-state index < -0.39 is 0 Å². The zero-order valence-corrected chi connectivity index (χ0v) is 10.5. The summed E-state index contributed by atoms with van der Waals surface area (Å²) in [5, 5.41) is 0. The molecule has 1 aromatic rings. The summed E-state index contributed by atoms with van der Waals surface area (Å²) in [4.78, 5) is 0. The van der Waals surface area contributed by atoms with Gasteiger partial charge in [0.1, 0.15) is 5.75 Å². The Kier molecular flexibility index (Phi) is 5.68. The van der Waals surface area contributed by atoms with Crippen LogP contribution >= 0.6 is 22.6 Å². The van der Waals surface area contributed by atoms with Gasteiger partial charge in [-0.3, -0.25) is 0 Å². The van der Waals surface area contributed by atoms with Crippen LogP contribution in [0.4, 0.5) is 0 Å². The van der Waals surface area contributed by atoms with Crippen LogP contribution in [0.25, 0.3) is 6.08 Å². The smallest absolute Gasteiger partial charge is 0.118 e. The van der Waals surface area contributed by atoms with Gasteiger partial charge >= 0.3 is 0 Å². The molecule has 1 rings (SSSR count). The lowest BCUT2D eigenvalue weighted by atomic mass is 10.2. The number of rotatable bonds is 5. The molecule has 1 nitrogen and oxygen atoms in total. The first-order valence-electron chi connectivity index (χ1n) is 4.73. The zero-order valence-electron chi connectivity index (χ0n) is 8.37. The number of benzene rings is 1. The normalized spacial score (nSPS) is 10.7. The lowest BCUT2D eigenvalue weighted by Crippen LogP contribution is -1.81. The molecule has 0 saturated carbocycles. The molecule has 0 spiro atoms. The maximum absolute atomic E-state index is 5.09. The summed E-state index contributed by atoms with van der Waals surface area (Å²) in [6.45, 7) is 0. The van der Waals surface area contributed by atoms with Crippen LogP contribution in [-0.4, -0.2) is 11.5 Å². The number of hydrogen-bond acceptors (Lipinski definition) is 1. The fourth-order valence-electron chi connectivity index (χ4n) is 1.13. The summed E-state index contributed by atoms with van der Waals surface area (Å²) >= 11 is 2.40. The Morgan fingerprint density at radius 3 is 2.57 bits per heavy atom. The molecule has 0 bridgehead atoms. The van der Waals surface area contributed by atoms with E-state index in [2.05, 4.69) is 46.9 Å². The molecule has 0 radical (unpaired) electrons. The van der Waals surface area contributed by atoms with Crippen molar-refractivity contribution in [2.45, 2.75) is 12.8 Å². The van der Waals surface area contributed by atoms with Crippen molar-refractivity contribution in [3.8, 4) is 5.75 Å². The third kappa shape index (κ3) is 4.13. The Balaban J connectivity index is 2.47. The molecule has 0 fully saturated rings. The third-order valence-electron chi connectivity index (χ3n) is 1.93. The first-order chi connectivity index (χ1) is 6.86. The Morgan fingerprint density at radius 2 is 2.00 bits per heavy atom. The van der Waals surface area contributed by atoms with Gasteiger partial charge in [0.15, 0.2) is 0 Å². The van der Waals surface area contributed by atoms with E-state index in [1.165, 1.54) is 16.4 Å². The number of methoxy groups -OCH3 is 1. The summed E-state index contributed by atoms with van der Waals surface area (Å²) < 4.78 is 6.31. The Morgan fingerprint density at radius 1 is 1.29 bits per heavy atom. The number of halogens is 1. The van der Waals surface area contributed by atoms with Gasteiger partial charge in [0.2, 0.25) is 0 Å². The van der Waals surface area contributed by atoms with Crippen LogP contribution in [0.5, 0.6) is 5.75 Å². The second-order valence-electron chi connectivity index (χ2n) is 3.01. The monoisotopic (exact) mass is 302 g/mol. The van der Waals surface area contributed by atoms with E-state index in [-0.39, 0.29) is 0 Å². The van der Waals surface area contributed by atoms with Crippen molar-refractivity contribution >= 4 is 28.7 Å². The zero-order chi connectivity index (χ0) is 10.2. The second-order valence-corrected chi connectivity index (χ2v) is 4.09. The fraction of sp³-hybridized carbons (Fsp3) is 0.333. The van der Waals surface area contributed by atoms with Crippen LogP contribution in [0.2, 0.25) is 0 Å². The van der Waals surface area contributed by atoms with Crippen molar-refractivity contribution in [1.29, 1.82) is 0 Å². The molecule has 2 heteroatoms. The molecule has 1 aromatic carbocycles. The standard InChI is InChI=1S/C12H15IO/c1-14-12-8-6-11(7-9-12)5-3-2-4-10-13/h3,5-9H,2,4,10H2,1H3. The highest BCUT2D eigenvalue weighted by Crippen LogP contribution is 2.12. The van der Waals surface area contributed by atoms with Crippen molar-refractivity contribution in [3.63, 3.8) is 0 Å². The molecule has 14 heavy (non-hydrogen) atoms. The molecule has 0 heterocycles. The number of alkyl halides is 1. The summed E-state index contributed by atoms with van der Waals surface area (Å²) in [5.41, 5.74) is 1.24. The minimum Gasteiger partial charge on any atom is -0.497 e. The van der Waals surface area contributed by atoms with Crippen molar-refractivity contribution in [3.05, 3.63) is 35.9 Å². The van der Waals surface area contributed by atoms with Gasteiger partial charge in [-0.25, -0.2) is 0 Å². The Hall–Kier alpha value is -0.510. The van der Waals surface area contributed by atoms with Crippen LogP contribution in [0.3, 0.4) is 0 Å².